The minimum absolute atomic E-state index is 0.0628. The number of thiophene rings is 1. The minimum Gasteiger partial charge on any atom is -0.477 e. The number of carbonyl (C=O) groups is 1. The quantitative estimate of drug-likeness (QED) is 0.869. The fourth-order valence-electron chi connectivity index (χ4n) is 3.76. The van der Waals surface area contributed by atoms with E-state index in [4.69, 9.17) is 5.11 Å². The first kappa shape index (κ1) is 15.0. The second-order valence-electron chi connectivity index (χ2n) is 6.12. The van der Waals surface area contributed by atoms with Crippen molar-refractivity contribution in [2.45, 2.75) is 37.5 Å². The number of carboxylic acids is 1. The van der Waals surface area contributed by atoms with Crippen LogP contribution in [0.1, 0.15) is 40.2 Å². The molecule has 2 bridgehead atoms. The zero-order valence-electron chi connectivity index (χ0n) is 11.8. The normalized spacial score (nSPS) is 28.1. The van der Waals surface area contributed by atoms with E-state index in [-0.39, 0.29) is 9.77 Å². The fraction of sp³-hybridized carbons (Fsp3) is 0.643. The SMILES string of the molecule is Cc1sc(C(=O)O)cc1S(=O)(=O)NCC1CC2CCC1C2. The van der Waals surface area contributed by atoms with Crippen molar-refractivity contribution in [3.05, 3.63) is 15.8 Å². The van der Waals surface area contributed by atoms with E-state index >= 15 is 0 Å². The van der Waals surface area contributed by atoms with Gasteiger partial charge in [0.05, 0.1) is 4.90 Å². The van der Waals surface area contributed by atoms with Crippen LogP contribution in [0.25, 0.3) is 0 Å². The van der Waals surface area contributed by atoms with Gasteiger partial charge in [0.1, 0.15) is 4.88 Å². The summed E-state index contributed by atoms with van der Waals surface area (Å²) in [6.07, 6.45) is 4.88. The molecule has 0 aromatic carbocycles. The Bertz CT molecular complexity index is 665. The van der Waals surface area contributed by atoms with Crippen molar-refractivity contribution in [3.63, 3.8) is 0 Å². The lowest BCUT2D eigenvalue weighted by molar-refractivity contribution is 0.0702. The Balaban J connectivity index is 1.70. The molecule has 0 amide bonds. The Kier molecular flexibility index (Phi) is 3.83. The molecule has 21 heavy (non-hydrogen) atoms. The van der Waals surface area contributed by atoms with E-state index in [0.29, 0.717) is 23.3 Å². The summed E-state index contributed by atoms with van der Waals surface area (Å²) in [6, 6.07) is 1.26. The van der Waals surface area contributed by atoms with Crippen LogP contribution >= 0.6 is 11.3 Å². The molecule has 1 aromatic rings. The molecule has 2 fully saturated rings. The van der Waals surface area contributed by atoms with Crippen LogP contribution in [0.3, 0.4) is 0 Å². The number of sulfonamides is 1. The number of nitrogens with one attached hydrogen (secondary N) is 1. The monoisotopic (exact) mass is 329 g/mol. The second kappa shape index (κ2) is 5.37. The third-order valence-corrected chi connectivity index (χ3v) is 7.51. The lowest BCUT2D eigenvalue weighted by Gasteiger charge is -2.21. The summed E-state index contributed by atoms with van der Waals surface area (Å²) >= 11 is 1.00. The van der Waals surface area contributed by atoms with Crippen LogP contribution in [0.5, 0.6) is 0 Å². The molecule has 1 aromatic heterocycles. The molecule has 2 saturated carbocycles. The molecule has 3 unspecified atom stereocenters. The van der Waals surface area contributed by atoms with E-state index in [1.165, 1.54) is 25.3 Å². The zero-order valence-corrected chi connectivity index (χ0v) is 13.5. The number of hydrogen-bond donors (Lipinski definition) is 2. The minimum atomic E-state index is -3.61. The Hall–Kier alpha value is -0.920. The van der Waals surface area contributed by atoms with Crippen molar-refractivity contribution < 1.29 is 18.3 Å². The van der Waals surface area contributed by atoms with Crippen LogP contribution in [0, 0.1) is 24.7 Å². The van der Waals surface area contributed by atoms with Crippen molar-refractivity contribution >= 4 is 27.3 Å². The number of carboxylic acid groups (broad SMARTS) is 1. The highest BCUT2D eigenvalue weighted by Gasteiger charge is 2.39. The second-order valence-corrected chi connectivity index (χ2v) is 9.11. The third-order valence-electron chi connectivity index (χ3n) is 4.79. The number of rotatable bonds is 5. The van der Waals surface area contributed by atoms with Crippen LogP contribution in [-0.2, 0) is 10.0 Å². The van der Waals surface area contributed by atoms with E-state index < -0.39 is 16.0 Å². The van der Waals surface area contributed by atoms with Gasteiger partial charge in [0.2, 0.25) is 10.0 Å². The highest BCUT2D eigenvalue weighted by atomic mass is 32.2. The molecule has 0 spiro atoms. The molecule has 3 rings (SSSR count). The molecule has 1 heterocycles. The van der Waals surface area contributed by atoms with Crippen molar-refractivity contribution in [2.75, 3.05) is 6.54 Å². The molecule has 7 heteroatoms. The standard InChI is InChI=1S/C14H19NO4S2/c1-8-13(6-12(20-8)14(16)17)21(18,19)15-7-11-5-9-2-3-10(11)4-9/h6,9-11,15H,2-5,7H2,1H3,(H,16,17). The maximum absolute atomic E-state index is 12.4. The molecule has 5 nitrogen and oxygen atoms in total. The smallest absolute Gasteiger partial charge is 0.345 e. The maximum atomic E-state index is 12.4. The molecule has 2 N–H and O–H groups in total. The highest BCUT2D eigenvalue weighted by Crippen LogP contribution is 2.48. The van der Waals surface area contributed by atoms with Gasteiger partial charge in [-0.2, -0.15) is 0 Å². The lowest BCUT2D eigenvalue weighted by atomic mass is 9.89. The van der Waals surface area contributed by atoms with Crippen LogP contribution in [0.4, 0.5) is 0 Å². The summed E-state index contributed by atoms with van der Waals surface area (Å²) in [6.45, 7) is 2.12. The van der Waals surface area contributed by atoms with Gasteiger partial charge in [0.25, 0.3) is 0 Å². The van der Waals surface area contributed by atoms with Gasteiger partial charge in [0, 0.05) is 11.4 Å². The van der Waals surface area contributed by atoms with Crippen LogP contribution in [-0.4, -0.2) is 26.0 Å². The van der Waals surface area contributed by atoms with Gasteiger partial charge >= 0.3 is 5.97 Å². The summed E-state index contributed by atoms with van der Waals surface area (Å²) in [4.78, 5) is 11.6. The van der Waals surface area contributed by atoms with Gasteiger partial charge in [-0.3, -0.25) is 0 Å². The van der Waals surface area contributed by atoms with Gasteiger partial charge in [0.15, 0.2) is 0 Å². The number of aryl methyl sites for hydroxylation is 1. The van der Waals surface area contributed by atoms with E-state index in [0.717, 1.165) is 23.7 Å². The van der Waals surface area contributed by atoms with E-state index in [1.54, 1.807) is 6.92 Å². The van der Waals surface area contributed by atoms with Gasteiger partial charge in [-0.05, 0) is 50.0 Å². The topological polar surface area (TPSA) is 83.5 Å². The predicted octanol–water partition coefficient (Wildman–Crippen LogP) is 2.47. The largest absolute Gasteiger partial charge is 0.477 e. The van der Waals surface area contributed by atoms with Gasteiger partial charge in [-0.15, -0.1) is 11.3 Å². The van der Waals surface area contributed by atoms with Crippen LogP contribution < -0.4 is 4.72 Å². The van der Waals surface area contributed by atoms with Crippen molar-refractivity contribution in [3.8, 4) is 0 Å². The fourth-order valence-corrected chi connectivity index (χ4v) is 6.28. The van der Waals surface area contributed by atoms with E-state index in [1.807, 2.05) is 0 Å². The molecule has 0 aliphatic heterocycles. The third kappa shape index (κ3) is 2.86. The van der Waals surface area contributed by atoms with Gasteiger partial charge in [-0.25, -0.2) is 17.9 Å². The lowest BCUT2D eigenvalue weighted by Crippen LogP contribution is -2.31. The Labute approximate surface area is 128 Å². The molecule has 3 atom stereocenters. The zero-order chi connectivity index (χ0) is 15.2. The number of hydrogen-bond acceptors (Lipinski definition) is 4. The summed E-state index contributed by atoms with van der Waals surface area (Å²) in [5, 5.41) is 8.96. The molecular formula is C14H19NO4S2. The van der Waals surface area contributed by atoms with E-state index in [2.05, 4.69) is 4.72 Å². The number of aromatic carboxylic acids is 1. The van der Waals surface area contributed by atoms with Crippen LogP contribution in [0.15, 0.2) is 11.0 Å². The molecule has 116 valence electrons. The van der Waals surface area contributed by atoms with Crippen molar-refractivity contribution in [2.24, 2.45) is 17.8 Å². The van der Waals surface area contributed by atoms with Crippen molar-refractivity contribution in [1.82, 2.24) is 4.72 Å². The average molecular weight is 329 g/mol. The predicted molar refractivity (Wildman–Crippen MR) is 80.1 cm³/mol. The molecular weight excluding hydrogens is 310 g/mol. The van der Waals surface area contributed by atoms with E-state index in [9.17, 15) is 13.2 Å². The summed E-state index contributed by atoms with van der Waals surface area (Å²) in [5.41, 5.74) is 0. The Morgan fingerprint density at radius 1 is 1.43 bits per heavy atom. The Morgan fingerprint density at radius 3 is 2.71 bits per heavy atom. The van der Waals surface area contributed by atoms with Gasteiger partial charge < -0.3 is 5.11 Å². The van der Waals surface area contributed by atoms with Crippen LogP contribution in [0.2, 0.25) is 0 Å². The molecule has 2 aliphatic rings. The summed E-state index contributed by atoms with van der Waals surface area (Å²) < 4.78 is 27.4. The molecule has 0 saturated heterocycles. The van der Waals surface area contributed by atoms with Gasteiger partial charge in [-0.1, -0.05) is 6.42 Å². The highest BCUT2D eigenvalue weighted by molar-refractivity contribution is 7.89. The molecule has 0 radical (unpaired) electrons. The first-order valence-electron chi connectivity index (χ1n) is 7.20. The number of fused-ring (bicyclic) bond motifs is 2. The summed E-state index contributed by atoms with van der Waals surface area (Å²) in [7, 11) is -3.61. The average Bonchev–Trinajstić information content (AvgIpc) is 3.10. The first-order valence-corrected chi connectivity index (χ1v) is 9.50. The molecule has 2 aliphatic carbocycles. The summed E-state index contributed by atoms with van der Waals surface area (Å²) in [5.74, 6) is 0.802. The first-order chi connectivity index (χ1) is 9.87. The Morgan fingerprint density at radius 2 is 2.19 bits per heavy atom. The maximum Gasteiger partial charge on any atom is 0.345 e. The van der Waals surface area contributed by atoms with Crippen molar-refractivity contribution in [1.29, 1.82) is 0 Å².